The van der Waals surface area contributed by atoms with Gasteiger partial charge in [0.1, 0.15) is 0 Å². The lowest BCUT2D eigenvalue weighted by molar-refractivity contribution is 0.111. The molecule has 0 aliphatic carbocycles. The third-order valence-electron chi connectivity index (χ3n) is 4.43. The van der Waals surface area contributed by atoms with Crippen LogP contribution in [0.4, 0.5) is 0 Å². The standard InChI is InChI=1S/C16H27Cl2NO2Si/c1-16(2,3)22(4,5)21-9-8-14(20)15(19)11-6-7-12(17)13(18)10-11/h6-7,10,14-15,20H,8-9,19H2,1-5H3. The number of aliphatic hydroxyl groups excluding tert-OH is 1. The molecule has 1 rings (SSSR count). The molecule has 0 fully saturated rings. The summed E-state index contributed by atoms with van der Waals surface area (Å²) in [5.41, 5.74) is 6.87. The first kappa shape index (κ1) is 19.9. The van der Waals surface area contributed by atoms with Crippen molar-refractivity contribution in [2.45, 2.75) is 57.5 Å². The Morgan fingerprint density at radius 1 is 1.23 bits per heavy atom. The SMILES string of the molecule is CC(C)(C)[Si](C)(C)OCCC(O)C(N)c1ccc(Cl)c(Cl)c1. The first-order valence-corrected chi connectivity index (χ1v) is 11.1. The summed E-state index contributed by atoms with van der Waals surface area (Å²) < 4.78 is 6.07. The summed E-state index contributed by atoms with van der Waals surface area (Å²) in [6.45, 7) is 11.5. The van der Waals surface area contributed by atoms with Crippen LogP contribution in [0.15, 0.2) is 18.2 Å². The van der Waals surface area contributed by atoms with Crippen molar-refractivity contribution in [3.8, 4) is 0 Å². The fourth-order valence-electron chi connectivity index (χ4n) is 1.77. The lowest BCUT2D eigenvalue weighted by Gasteiger charge is -2.36. The van der Waals surface area contributed by atoms with Crippen molar-refractivity contribution in [2.24, 2.45) is 5.73 Å². The van der Waals surface area contributed by atoms with Crippen LogP contribution < -0.4 is 5.73 Å². The Balaban J connectivity index is 2.58. The van der Waals surface area contributed by atoms with Crippen LogP contribution in [0.5, 0.6) is 0 Å². The van der Waals surface area contributed by atoms with Gasteiger partial charge in [-0.1, -0.05) is 50.0 Å². The van der Waals surface area contributed by atoms with Gasteiger partial charge in [-0.05, 0) is 42.2 Å². The highest BCUT2D eigenvalue weighted by molar-refractivity contribution is 6.74. The largest absolute Gasteiger partial charge is 0.417 e. The molecule has 0 aliphatic rings. The Bertz CT molecular complexity index is 503. The van der Waals surface area contributed by atoms with Gasteiger partial charge >= 0.3 is 0 Å². The third kappa shape index (κ3) is 5.22. The van der Waals surface area contributed by atoms with E-state index < -0.39 is 20.5 Å². The van der Waals surface area contributed by atoms with Gasteiger partial charge in [-0.25, -0.2) is 0 Å². The first-order valence-electron chi connectivity index (χ1n) is 7.48. The van der Waals surface area contributed by atoms with Gasteiger partial charge in [-0.3, -0.25) is 0 Å². The molecule has 0 aliphatic heterocycles. The van der Waals surface area contributed by atoms with E-state index in [2.05, 4.69) is 33.9 Å². The van der Waals surface area contributed by atoms with Crippen molar-refractivity contribution in [1.82, 2.24) is 0 Å². The zero-order valence-corrected chi connectivity index (χ0v) is 16.5. The minimum Gasteiger partial charge on any atom is -0.417 e. The van der Waals surface area contributed by atoms with E-state index in [0.29, 0.717) is 23.1 Å². The number of nitrogens with two attached hydrogens (primary N) is 1. The number of benzene rings is 1. The summed E-state index contributed by atoms with van der Waals surface area (Å²) in [6.07, 6.45) is -0.185. The molecule has 3 N–H and O–H groups in total. The molecule has 0 heterocycles. The maximum absolute atomic E-state index is 10.3. The van der Waals surface area contributed by atoms with Crippen LogP contribution >= 0.6 is 23.2 Å². The van der Waals surface area contributed by atoms with Gasteiger partial charge in [0.25, 0.3) is 0 Å². The number of aliphatic hydroxyl groups is 1. The van der Waals surface area contributed by atoms with Crippen LogP contribution in [0.25, 0.3) is 0 Å². The van der Waals surface area contributed by atoms with Gasteiger partial charge in [0.15, 0.2) is 8.32 Å². The van der Waals surface area contributed by atoms with Gasteiger partial charge in [-0.2, -0.15) is 0 Å². The minimum absolute atomic E-state index is 0.157. The minimum atomic E-state index is -1.79. The molecule has 2 unspecified atom stereocenters. The van der Waals surface area contributed by atoms with Crippen LogP contribution in [0.1, 0.15) is 38.8 Å². The monoisotopic (exact) mass is 363 g/mol. The molecule has 126 valence electrons. The molecule has 1 aromatic rings. The molecule has 3 nitrogen and oxygen atoms in total. The van der Waals surface area contributed by atoms with Crippen LogP contribution in [0, 0.1) is 0 Å². The van der Waals surface area contributed by atoms with Crippen molar-refractivity contribution in [1.29, 1.82) is 0 Å². The molecule has 0 radical (unpaired) electrons. The first-order chi connectivity index (χ1) is 9.95. The van der Waals surface area contributed by atoms with E-state index in [1.807, 2.05) is 0 Å². The Kier molecular flexibility index (Phi) is 6.93. The topological polar surface area (TPSA) is 55.5 Å². The molecule has 0 amide bonds. The predicted molar refractivity (Wildman–Crippen MR) is 97.2 cm³/mol. The fourth-order valence-corrected chi connectivity index (χ4v) is 3.14. The van der Waals surface area contributed by atoms with Crippen molar-refractivity contribution >= 4 is 31.5 Å². The highest BCUT2D eigenvalue weighted by atomic mass is 35.5. The second-order valence-corrected chi connectivity index (χ2v) is 12.8. The van der Waals surface area contributed by atoms with E-state index >= 15 is 0 Å². The van der Waals surface area contributed by atoms with Crippen molar-refractivity contribution in [2.75, 3.05) is 6.61 Å². The molecular weight excluding hydrogens is 337 g/mol. The zero-order chi connectivity index (χ0) is 17.1. The summed E-state index contributed by atoms with van der Waals surface area (Å²) in [6, 6.07) is 4.68. The van der Waals surface area contributed by atoms with Crippen LogP contribution in [-0.4, -0.2) is 26.1 Å². The lowest BCUT2D eigenvalue weighted by atomic mass is 10.0. The summed E-state index contributed by atoms with van der Waals surface area (Å²) in [5.74, 6) is 0. The molecule has 2 atom stereocenters. The molecule has 22 heavy (non-hydrogen) atoms. The van der Waals surface area contributed by atoms with E-state index in [0.717, 1.165) is 5.56 Å². The Labute approximate surface area is 144 Å². The zero-order valence-electron chi connectivity index (χ0n) is 14.0. The van der Waals surface area contributed by atoms with Crippen LogP contribution in [0.2, 0.25) is 28.2 Å². The molecule has 6 heteroatoms. The summed E-state index contributed by atoms with van der Waals surface area (Å²) in [7, 11) is -1.79. The maximum Gasteiger partial charge on any atom is 0.191 e. The highest BCUT2D eigenvalue weighted by Crippen LogP contribution is 2.36. The van der Waals surface area contributed by atoms with Crippen molar-refractivity contribution in [3.63, 3.8) is 0 Å². The average molecular weight is 364 g/mol. The second-order valence-electron chi connectivity index (χ2n) is 7.16. The highest BCUT2D eigenvalue weighted by Gasteiger charge is 2.37. The number of rotatable bonds is 6. The van der Waals surface area contributed by atoms with Gasteiger partial charge in [-0.15, -0.1) is 0 Å². The Hall–Kier alpha value is -0.103. The quantitative estimate of drug-likeness (QED) is 0.715. The van der Waals surface area contributed by atoms with E-state index in [4.69, 9.17) is 33.4 Å². The molecule has 0 saturated heterocycles. The smallest absolute Gasteiger partial charge is 0.191 e. The second kappa shape index (κ2) is 7.64. The van der Waals surface area contributed by atoms with Gasteiger partial charge in [0.05, 0.1) is 22.2 Å². The fraction of sp³-hybridized carbons (Fsp3) is 0.625. The van der Waals surface area contributed by atoms with E-state index in [1.165, 1.54) is 0 Å². The number of hydrogen-bond donors (Lipinski definition) is 2. The third-order valence-corrected chi connectivity index (χ3v) is 9.70. The number of halogens is 2. The molecular formula is C16H27Cl2NO2Si. The molecule has 0 bridgehead atoms. The van der Waals surface area contributed by atoms with E-state index in [1.54, 1.807) is 18.2 Å². The van der Waals surface area contributed by atoms with E-state index in [-0.39, 0.29) is 5.04 Å². The summed E-state index contributed by atoms with van der Waals surface area (Å²) in [5, 5.41) is 11.3. The maximum atomic E-state index is 10.3. The van der Waals surface area contributed by atoms with E-state index in [9.17, 15) is 5.11 Å². The lowest BCUT2D eigenvalue weighted by Crippen LogP contribution is -2.41. The molecule has 0 aromatic heterocycles. The Morgan fingerprint density at radius 3 is 2.32 bits per heavy atom. The van der Waals surface area contributed by atoms with Crippen molar-refractivity contribution < 1.29 is 9.53 Å². The van der Waals surface area contributed by atoms with Crippen LogP contribution in [-0.2, 0) is 4.43 Å². The molecule has 0 spiro atoms. The Morgan fingerprint density at radius 2 is 1.82 bits per heavy atom. The summed E-state index contributed by atoms with van der Waals surface area (Å²) >= 11 is 11.9. The predicted octanol–water partition coefficient (Wildman–Crippen LogP) is 4.77. The normalized spacial score (nSPS) is 15.7. The van der Waals surface area contributed by atoms with Crippen LogP contribution in [0.3, 0.4) is 0 Å². The molecule has 0 saturated carbocycles. The van der Waals surface area contributed by atoms with Gasteiger partial charge < -0.3 is 15.3 Å². The van der Waals surface area contributed by atoms with Gasteiger partial charge in [0.2, 0.25) is 0 Å². The molecule has 1 aromatic carbocycles. The number of hydrogen-bond acceptors (Lipinski definition) is 3. The average Bonchev–Trinajstić information content (AvgIpc) is 2.39. The van der Waals surface area contributed by atoms with Crippen molar-refractivity contribution in [3.05, 3.63) is 33.8 Å². The summed E-state index contributed by atoms with van der Waals surface area (Å²) in [4.78, 5) is 0. The van der Waals surface area contributed by atoms with Gasteiger partial charge in [0, 0.05) is 6.61 Å².